The van der Waals surface area contributed by atoms with E-state index < -0.39 is 54.5 Å². The first kappa shape index (κ1) is 37.7. The van der Waals surface area contributed by atoms with Crippen molar-refractivity contribution in [2.75, 3.05) is 25.4 Å². The second kappa shape index (κ2) is 17.4. The van der Waals surface area contributed by atoms with Crippen LogP contribution in [-0.4, -0.2) is 71.4 Å². The van der Waals surface area contributed by atoms with Gasteiger partial charge in [0.1, 0.15) is 6.04 Å². The molecule has 0 aliphatic heterocycles. The Morgan fingerprint density at radius 1 is 0.915 bits per heavy atom. The average Bonchev–Trinajstić information content (AvgIpc) is 3.01. The van der Waals surface area contributed by atoms with Gasteiger partial charge in [0.25, 0.3) is 0 Å². The van der Waals surface area contributed by atoms with E-state index in [2.05, 4.69) is 10.6 Å². The molecule has 0 heterocycles. The van der Waals surface area contributed by atoms with Gasteiger partial charge in [0.2, 0.25) is 15.9 Å². The summed E-state index contributed by atoms with van der Waals surface area (Å²) in [7, 11) is -9.03. The SMILES string of the molecule is CC(C)CN([C@@H](CCCCNC(=O)[C@@H](NC(=O)O)C(c1ccccc1)c1ccccc1)COP(=O)(O)O)S(=O)(=O)c1ccc(N)cc1. The molecule has 13 nitrogen and oxygen atoms in total. The second-order valence-corrected chi connectivity index (χ2v) is 14.6. The number of rotatable bonds is 18. The molecule has 0 fully saturated rings. The number of amides is 2. The van der Waals surface area contributed by atoms with Gasteiger partial charge in [-0.15, -0.1) is 0 Å². The predicted octanol–water partition coefficient (Wildman–Crippen LogP) is 4.15. The first-order chi connectivity index (χ1) is 22.2. The average molecular weight is 691 g/mol. The maximum atomic E-state index is 13.7. The molecule has 47 heavy (non-hydrogen) atoms. The van der Waals surface area contributed by atoms with E-state index in [1.54, 1.807) is 0 Å². The van der Waals surface area contributed by atoms with Gasteiger partial charge in [-0.3, -0.25) is 9.32 Å². The molecule has 0 radical (unpaired) electrons. The molecule has 7 N–H and O–H groups in total. The van der Waals surface area contributed by atoms with Gasteiger partial charge >= 0.3 is 13.9 Å². The molecule has 15 heteroatoms. The van der Waals surface area contributed by atoms with E-state index in [1.165, 1.54) is 28.6 Å². The normalized spacial score (nSPS) is 13.4. The Morgan fingerprint density at radius 2 is 1.47 bits per heavy atom. The summed E-state index contributed by atoms with van der Waals surface area (Å²) in [4.78, 5) is 44.0. The van der Waals surface area contributed by atoms with Crippen molar-refractivity contribution in [1.82, 2.24) is 14.9 Å². The Balaban J connectivity index is 1.76. The van der Waals surface area contributed by atoms with Crippen molar-refractivity contribution < 1.29 is 42.0 Å². The highest BCUT2D eigenvalue weighted by atomic mass is 32.2. The number of carboxylic acid groups (broad SMARTS) is 1. The highest BCUT2D eigenvalue weighted by Crippen LogP contribution is 2.37. The summed E-state index contributed by atoms with van der Waals surface area (Å²) in [6.45, 7) is 3.27. The van der Waals surface area contributed by atoms with Crippen LogP contribution in [0, 0.1) is 5.92 Å². The predicted molar refractivity (Wildman–Crippen MR) is 178 cm³/mol. The van der Waals surface area contributed by atoms with Crippen LogP contribution in [0.2, 0.25) is 0 Å². The summed E-state index contributed by atoms with van der Waals surface area (Å²) in [5.74, 6) is -1.29. The number of carbonyl (C=O) groups is 2. The number of nitrogen functional groups attached to an aromatic ring is 1. The molecule has 0 saturated carbocycles. The van der Waals surface area contributed by atoms with Crippen molar-refractivity contribution in [3.05, 3.63) is 96.1 Å². The van der Waals surface area contributed by atoms with Gasteiger partial charge < -0.3 is 31.3 Å². The number of nitrogens with zero attached hydrogens (tertiary/aromatic N) is 1. The van der Waals surface area contributed by atoms with Crippen molar-refractivity contribution in [3.63, 3.8) is 0 Å². The molecule has 2 atom stereocenters. The number of hydrogen-bond donors (Lipinski definition) is 6. The van der Waals surface area contributed by atoms with Gasteiger partial charge in [-0.2, -0.15) is 4.31 Å². The number of anilines is 1. The quantitative estimate of drug-likeness (QED) is 0.0638. The molecule has 0 bridgehead atoms. The summed E-state index contributed by atoms with van der Waals surface area (Å²) in [6.07, 6.45) is -0.498. The maximum absolute atomic E-state index is 13.7. The van der Waals surface area contributed by atoms with Crippen molar-refractivity contribution in [1.29, 1.82) is 0 Å². The van der Waals surface area contributed by atoms with Crippen LogP contribution >= 0.6 is 7.82 Å². The zero-order chi connectivity index (χ0) is 34.6. The fourth-order valence-electron chi connectivity index (χ4n) is 5.23. The summed E-state index contributed by atoms with van der Waals surface area (Å²) < 4.78 is 45.0. The molecule has 256 valence electrons. The molecule has 3 rings (SSSR count). The topological polar surface area (TPSA) is 209 Å². The third kappa shape index (κ3) is 11.8. The van der Waals surface area contributed by atoms with E-state index in [9.17, 15) is 37.5 Å². The van der Waals surface area contributed by atoms with Crippen LogP contribution in [0.15, 0.2) is 89.8 Å². The maximum Gasteiger partial charge on any atom is 0.469 e. The van der Waals surface area contributed by atoms with Gasteiger partial charge in [0, 0.05) is 30.7 Å². The molecular weight excluding hydrogens is 647 g/mol. The van der Waals surface area contributed by atoms with Crippen LogP contribution in [0.4, 0.5) is 10.5 Å². The lowest BCUT2D eigenvalue weighted by Gasteiger charge is -2.32. The van der Waals surface area contributed by atoms with Crippen LogP contribution < -0.4 is 16.4 Å². The summed E-state index contributed by atoms with van der Waals surface area (Å²) in [6, 6.07) is 21.7. The number of unbranched alkanes of at least 4 members (excludes halogenated alkanes) is 1. The molecular formula is C32H43N4O9PS. The van der Waals surface area contributed by atoms with Gasteiger partial charge in [0.05, 0.1) is 11.5 Å². The molecule has 3 aromatic carbocycles. The van der Waals surface area contributed by atoms with Crippen LogP contribution in [0.1, 0.15) is 50.2 Å². The summed E-state index contributed by atoms with van der Waals surface area (Å²) in [5, 5.41) is 14.8. The molecule has 2 amide bonds. The molecule has 0 aliphatic carbocycles. The monoisotopic (exact) mass is 690 g/mol. The minimum absolute atomic E-state index is 0.0239. The molecule has 0 saturated heterocycles. The van der Waals surface area contributed by atoms with Gasteiger partial charge in [0.15, 0.2) is 0 Å². The van der Waals surface area contributed by atoms with E-state index in [0.717, 1.165) is 11.1 Å². The fraction of sp³-hybridized carbons (Fsp3) is 0.375. The Bertz CT molecular complexity index is 1550. The first-order valence-corrected chi connectivity index (χ1v) is 18.1. The Morgan fingerprint density at radius 3 is 1.96 bits per heavy atom. The lowest BCUT2D eigenvalue weighted by Crippen LogP contribution is -2.50. The molecule has 0 unspecified atom stereocenters. The molecule has 3 aromatic rings. The van der Waals surface area contributed by atoms with Crippen molar-refractivity contribution in [2.45, 2.75) is 56.0 Å². The number of phosphoric acid groups is 1. The Hall–Kier alpha value is -3.78. The van der Waals surface area contributed by atoms with E-state index >= 15 is 0 Å². The number of hydrogen-bond acceptors (Lipinski definition) is 7. The number of nitrogens with one attached hydrogen (secondary N) is 2. The van der Waals surface area contributed by atoms with Crippen LogP contribution in [-0.2, 0) is 23.9 Å². The Labute approximate surface area is 275 Å². The standard InChI is InChI=1S/C32H43N4O9PS/c1-23(2)21-36(47(43,44)28-18-16-26(33)17-19-28)27(22-45-46(40,41)42)15-9-10-20-34-31(37)30(35-32(38)39)29(24-11-5-3-6-12-24)25-13-7-4-8-14-25/h3-8,11-14,16-19,23,27,29-30,35H,9-10,15,20-22,33H2,1-2H3,(H,34,37)(H,38,39)(H2,40,41,42)/t27-,30-/m0/s1. The third-order valence-corrected chi connectivity index (χ3v) is 9.77. The highest BCUT2D eigenvalue weighted by Gasteiger charge is 2.34. The lowest BCUT2D eigenvalue weighted by atomic mass is 9.84. The number of sulfonamides is 1. The van der Waals surface area contributed by atoms with E-state index in [1.807, 2.05) is 74.5 Å². The number of carbonyl (C=O) groups excluding carboxylic acids is 1. The number of benzene rings is 3. The second-order valence-electron chi connectivity index (χ2n) is 11.5. The van der Waals surface area contributed by atoms with Crippen molar-refractivity contribution >= 4 is 35.5 Å². The van der Waals surface area contributed by atoms with Gasteiger partial charge in [-0.05, 0) is 54.2 Å². The Kier molecular flexibility index (Phi) is 13.9. The smallest absolute Gasteiger partial charge is 0.465 e. The molecule has 0 aliphatic rings. The summed E-state index contributed by atoms with van der Waals surface area (Å²) in [5.41, 5.74) is 7.60. The van der Waals surface area contributed by atoms with Crippen LogP contribution in [0.25, 0.3) is 0 Å². The lowest BCUT2D eigenvalue weighted by molar-refractivity contribution is -0.123. The van der Waals surface area contributed by atoms with Crippen molar-refractivity contribution in [2.24, 2.45) is 5.92 Å². The van der Waals surface area contributed by atoms with Gasteiger partial charge in [-0.1, -0.05) is 80.9 Å². The third-order valence-electron chi connectivity index (χ3n) is 7.35. The fourth-order valence-corrected chi connectivity index (χ4v) is 7.40. The van der Waals surface area contributed by atoms with Crippen LogP contribution in [0.5, 0.6) is 0 Å². The highest BCUT2D eigenvalue weighted by molar-refractivity contribution is 7.89. The first-order valence-electron chi connectivity index (χ1n) is 15.1. The van der Waals surface area contributed by atoms with Crippen molar-refractivity contribution in [3.8, 4) is 0 Å². The molecule has 0 spiro atoms. The largest absolute Gasteiger partial charge is 0.469 e. The van der Waals surface area contributed by atoms with Crippen LogP contribution in [0.3, 0.4) is 0 Å². The van der Waals surface area contributed by atoms with E-state index in [-0.39, 0.29) is 30.3 Å². The minimum atomic E-state index is -4.92. The molecule has 0 aromatic heterocycles. The zero-order valence-corrected chi connectivity index (χ0v) is 28.0. The number of nitrogens with two attached hydrogens (primary N) is 1. The minimum Gasteiger partial charge on any atom is -0.465 e. The number of phosphoric ester groups is 1. The zero-order valence-electron chi connectivity index (χ0n) is 26.3. The van der Waals surface area contributed by atoms with E-state index in [4.69, 9.17) is 10.3 Å². The summed E-state index contributed by atoms with van der Waals surface area (Å²) >= 11 is 0. The van der Waals surface area contributed by atoms with E-state index in [0.29, 0.717) is 18.5 Å². The van der Waals surface area contributed by atoms with Gasteiger partial charge in [-0.25, -0.2) is 17.8 Å².